The number of nitrogens with zero attached hydrogens (tertiary/aromatic N) is 2. The fourth-order valence-electron chi connectivity index (χ4n) is 4.78. The zero-order valence-corrected chi connectivity index (χ0v) is 24.2. The van der Waals surface area contributed by atoms with Gasteiger partial charge in [0.05, 0.1) is 21.9 Å². The molecular weight excluding hydrogens is 555 g/mol. The number of hydrogen-bond acceptors (Lipinski definition) is 4. The topological polar surface area (TPSA) is 109 Å². The van der Waals surface area contributed by atoms with Gasteiger partial charge in [-0.2, -0.15) is 4.79 Å². The summed E-state index contributed by atoms with van der Waals surface area (Å²) in [5.74, 6) is 0.169. The summed E-state index contributed by atoms with van der Waals surface area (Å²) in [4.78, 5) is 18.9. The highest BCUT2D eigenvalue weighted by Crippen LogP contribution is 2.35. The summed E-state index contributed by atoms with van der Waals surface area (Å²) in [5.41, 5.74) is 11.2. The van der Waals surface area contributed by atoms with Crippen LogP contribution in [0.2, 0.25) is 0 Å². The molecule has 0 heterocycles. The van der Waals surface area contributed by atoms with E-state index in [1.807, 2.05) is 50.2 Å². The minimum Gasteiger partial charge on any atom is -0.492 e. The zero-order valence-electron chi connectivity index (χ0n) is 22.6. The summed E-state index contributed by atoms with van der Waals surface area (Å²) in [5, 5.41) is 0. The van der Waals surface area contributed by atoms with Crippen LogP contribution in [0.5, 0.6) is 5.75 Å². The van der Waals surface area contributed by atoms with Gasteiger partial charge in [0.2, 0.25) is 10.0 Å². The van der Waals surface area contributed by atoms with E-state index in [1.54, 1.807) is 18.2 Å². The van der Waals surface area contributed by atoms with Crippen molar-refractivity contribution >= 4 is 37.3 Å². The van der Waals surface area contributed by atoms with Crippen molar-refractivity contribution in [2.75, 3.05) is 13.2 Å². The Hall–Kier alpha value is -4.27. The largest absolute Gasteiger partial charge is 0.492 e. The van der Waals surface area contributed by atoms with E-state index in [0.717, 1.165) is 17.2 Å². The third kappa shape index (κ3) is 5.94. The van der Waals surface area contributed by atoms with E-state index in [-0.39, 0.29) is 45.8 Å². The second-order valence-corrected chi connectivity index (χ2v) is 13.2. The molecule has 0 fully saturated rings. The Morgan fingerprint density at radius 3 is 1.90 bits per heavy atom. The van der Waals surface area contributed by atoms with Crippen molar-refractivity contribution in [3.63, 3.8) is 0 Å². The summed E-state index contributed by atoms with van der Waals surface area (Å²) in [6, 6.07) is 31.4. The molecule has 0 spiro atoms. The Kier molecular flexibility index (Phi) is 8.33. The molecule has 5 rings (SSSR count). The van der Waals surface area contributed by atoms with Gasteiger partial charge in [0.25, 0.3) is 5.78 Å². The molecule has 0 bridgehead atoms. The monoisotopic (exact) mass is 582 g/mol. The number of hydrogen-bond donors (Lipinski definition) is 1. The van der Waals surface area contributed by atoms with Crippen LogP contribution in [-0.4, -0.2) is 37.9 Å². The average molecular weight is 583 g/mol. The van der Waals surface area contributed by atoms with Crippen molar-refractivity contribution in [3.05, 3.63) is 131 Å². The highest BCUT2D eigenvalue weighted by atomic mass is 32.2. The third-order valence-electron chi connectivity index (χ3n) is 6.60. The molecule has 41 heavy (non-hydrogen) atoms. The summed E-state index contributed by atoms with van der Waals surface area (Å²) < 4.78 is 34.9. The molecule has 0 unspecified atom stereocenters. The zero-order chi connectivity index (χ0) is 29.0. The van der Waals surface area contributed by atoms with Crippen molar-refractivity contribution in [3.8, 4) is 5.75 Å². The number of Topliss-reactive ketones (excluding diaryl/α,β-unsaturated/α-hetero) is 1. The molecule has 0 saturated heterocycles. The van der Waals surface area contributed by atoms with Crippen LogP contribution in [0.3, 0.4) is 0 Å². The number of nitrogens with one attached hydrogen (secondary N) is 1. The molecule has 0 saturated carbocycles. The van der Waals surface area contributed by atoms with Crippen LogP contribution in [0.4, 0.5) is 0 Å². The number of aryl methyl sites for hydroxylation is 2. The number of carbonyl (C=O) groups is 1. The molecule has 9 heteroatoms. The maximum Gasteiger partial charge on any atom is 0.364 e. The SMILES string of the molecule is Cc1cc([S+](c2ccccc2)c2ccccc2)cc(C)c1OCCNS(=O)(=O)C1=CC(=[N+]=[N-])C(=O)c2ccccc21. The van der Waals surface area contributed by atoms with Crippen molar-refractivity contribution in [1.29, 1.82) is 0 Å². The smallest absolute Gasteiger partial charge is 0.364 e. The molecule has 4 aromatic rings. The normalized spacial score (nSPS) is 13.0. The van der Waals surface area contributed by atoms with Gasteiger partial charge in [-0.05, 0) is 49.2 Å². The fraction of sp³-hybridized carbons (Fsp3) is 0.125. The number of benzene rings is 4. The van der Waals surface area contributed by atoms with Crippen molar-refractivity contribution in [1.82, 2.24) is 4.72 Å². The van der Waals surface area contributed by atoms with Gasteiger partial charge in [0.1, 0.15) is 12.4 Å². The van der Waals surface area contributed by atoms with Gasteiger partial charge in [-0.25, -0.2) is 13.1 Å². The Balaban J connectivity index is 1.33. The number of ether oxygens (including phenoxy) is 1. The summed E-state index contributed by atoms with van der Waals surface area (Å²) in [7, 11) is -4.32. The minimum absolute atomic E-state index is 0.000422. The van der Waals surface area contributed by atoms with Gasteiger partial charge >= 0.3 is 5.71 Å². The van der Waals surface area contributed by atoms with Crippen LogP contribution < -0.4 is 9.46 Å². The third-order valence-corrected chi connectivity index (χ3v) is 10.3. The summed E-state index contributed by atoms with van der Waals surface area (Å²) >= 11 is 0. The summed E-state index contributed by atoms with van der Waals surface area (Å²) in [6.07, 6.45) is 1.08. The highest BCUT2D eigenvalue weighted by Gasteiger charge is 2.35. The lowest BCUT2D eigenvalue weighted by Crippen LogP contribution is -2.32. The van der Waals surface area contributed by atoms with Crippen molar-refractivity contribution in [2.45, 2.75) is 28.5 Å². The van der Waals surface area contributed by atoms with Crippen LogP contribution in [0.15, 0.2) is 118 Å². The van der Waals surface area contributed by atoms with Crippen LogP contribution in [-0.2, 0) is 20.9 Å². The predicted molar refractivity (Wildman–Crippen MR) is 161 cm³/mol. The van der Waals surface area contributed by atoms with Gasteiger partial charge in [0.15, 0.2) is 14.7 Å². The number of rotatable bonds is 9. The maximum atomic E-state index is 13.2. The standard InChI is InChI=1S/C32H28N3O4S2/c1-22-19-26(40(24-11-5-3-6-12-24)25-13-7-4-8-14-25)20-23(2)32(22)39-18-17-34-41(37,38)30-21-29(35-33)31(36)28-16-10-9-15-27(28)30/h3-16,19-21,34H,17-18H2,1-2H3/q+1. The first kappa shape index (κ1) is 28.3. The van der Waals surface area contributed by atoms with Crippen LogP contribution in [0, 0.1) is 13.8 Å². The van der Waals surface area contributed by atoms with E-state index < -0.39 is 15.8 Å². The molecule has 0 atom stereocenters. The molecule has 1 N–H and O–H groups in total. The van der Waals surface area contributed by atoms with Crippen LogP contribution in [0.1, 0.15) is 27.0 Å². The number of ketones is 1. The van der Waals surface area contributed by atoms with E-state index in [2.05, 4.69) is 45.9 Å². The molecule has 4 aromatic carbocycles. The van der Waals surface area contributed by atoms with E-state index in [4.69, 9.17) is 4.74 Å². The number of fused-ring (bicyclic) bond motifs is 1. The fourth-order valence-corrected chi connectivity index (χ4v) is 8.29. The van der Waals surface area contributed by atoms with E-state index >= 15 is 0 Å². The van der Waals surface area contributed by atoms with Gasteiger partial charge in [-0.15, -0.1) is 0 Å². The van der Waals surface area contributed by atoms with Gasteiger partial charge in [0, 0.05) is 29.8 Å². The Morgan fingerprint density at radius 1 is 0.805 bits per heavy atom. The second kappa shape index (κ2) is 12.1. The van der Waals surface area contributed by atoms with Crippen molar-refractivity contribution in [2.24, 2.45) is 0 Å². The summed E-state index contributed by atoms with van der Waals surface area (Å²) in [6.45, 7) is 4.08. The van der Waals surface area contributed by atoms with Gasteiger partial charge < -0.3 is 10.3 Å². The average Bonchev–Trinajstić information content (AvgIpc) is 2.98. The first-order valence-corrected chi connectivity index (χ1v) is 15.7. The van der Waals surface area contributed by atoms with Gasteiger partial charge in [-0.1, -0.05) is 60.7 Å². The molecular formula is C32H28N3O4S2+. The molecule has 0 radical (unpaired) electrons. The Morgan fingerprint density at radius 2 is 1.34 bits per heavy atom. The van der Waals surface area contributed by atoms with Crippen molar-refractivity contribution < 1.29 is 22.7 Å². The molecule has 1 aliphatic carbocycles. The molecule has 7 nitrogen and oxygen atoms in total. The van der Waals surface area contributed by atoms with Gasteiger partial charge in [-0.3, -0.25) is 4.79 Å². The molecule has 0 aromatic heterocycles. The van der Waals surface area contributed by atoms with E-state index in [1.165, 1.54) is 20.8 Å². The Bertz CT molecular complexity index is 1730. The molecule has 0 amide bonds. The number of carbonyl (C=O) groups excluding carboxylic acids is 1. The first-order chi connectivity index (χ1) is 19.8. The molecule has 0 aliphatic heterocycles. The van der Waals surface area contributed by atoms with E-state index in [0.29, 0.717) is 5.75 Å². The van der Waals surface area contributed by atoms with Crippen LogP contribution in [0.25, 0.3) is 10.4 Å². The lowest BCUT2D eigenvalue weighted by Gasteiger charge is -2.17. The lowest BCUT2D eigenvalue weighted by molar-refractivity contribution is -0.00437. The molecule has 206 valence electrons. The maximum absolute atomic E-state index is 13.2. The quantitative estimate of drug-likeness (QED) is 0.120. The number of sulfonamides is 1. The lowest BCUT2D eigenvalue weighted by atomic mass is 9.95. The predicted octanol–water partition coefficient (Wildman–Crippen LogP) is 5.61. The first-order valence-electron chi connectivity index (χ1n) is 13.0. The second-order valence-electron chi connectivity index (χ2n) is 9.43. The minimum atomic E-state index is -4.03. The highest BCUT2D eigenvalue weighted by molar-refractivity contribution is 7.99. The molecule has 1 aliphatic rings. The van der Waals surface area contributed by atoms with E-state index in [9.17, 15) is 18.7 Å². The Labute approximate surface area is 242 Å². The van der Waals surface area contributed by atoms with Crippen LogP contribution >= 0.6 is 0 Å². The number of allylic oxidation sites excluding steroid dienone is 1.